The summed E-state index contributed by atoms with van der Waals surface area (Å²) in [5, 5.41) is 0. The molecule has 1 saturated heterocycles. The first-order valence-corrected chi connectivity index (χ1v) is 5.35. The summed E-state index contributed by atoms with van der Waals surface area (Å²) in [7, 11) is 2.12. The van der Waals surface area contributed by atoms with Crippen molar-refractivity contribution >= 4 is 5.78 Å². The van der Waals surface area contributed by atoms with Gasteiger partial charge < -0.3 is 10.6 Å². The van der Waals surface area contributed by atoms with Gasteiger partial charge in [-0.2, -0.15) is 0 Å². The molecule has 0 radical (unpaired) electrons. The molecular formula is C10H21N3O. The van der Waals surface area contributed by atoms with Gasteiger partial charge in [-0.3, -0.25) is 9.69 Å². The SMILES string of the molecule is CN1CCN(CC(=O)CCCN)CC1. The zero-order valence-electron chi connectivity index (χ0n) is 9.04. The number of rotatable bonds is 5. The van der Waals surface area contributed by atoms with Crippen molar-refractivity contribution in [3.05, 3.63) is 0 Å². The Morgan fingerprint density at radius 2 is 1.93 bits per heavy atom. The zero-order chi connectivity index (χ0) is 10.4. The van der Waals surface area contributed by atoms with Crippen LogP contribution in [0.15, 0.2) is 0 Å². The maximum absolute atomic E-state index is 11.4. The average molecular weight is 199 g/mol. The van der Waals surface area contributed by atoms with E-state index in [0.717, 1.165) is 32.6 Å². The van der Waals surface area contributed by atoms with Gasteiger partial charge >= 0.3 is 0 Å². The fraction of sp³-hybridized carbons (Fsp3) is 0.900. The summed E-state index contributed by atoms with van der Waals surface area (Å²) in [6, 6.07) is 0. The second-order valence-corrected chi connectivity index (χ2v) is 4.01. The molecule has 4 heteroatoms. The summed E-state index contributed by atoms with van der Waals surface area (Å²) >= 11 is 0. The Kier molecular flexibility index (Phi) is 5.07. The maximum atomic E-state index is 11.4. The highest BCUT2D eigenvalue weighted by molar-refractivity contribution is 5.80. The van der Waals surface area contributed by atoms with Gasteiger partial charge in [0.2, 0.25) is 0 Å². The zero-order valence-corrected chi connectivity index (χ0v) is 9.04. The van der Waals surface area contributed by atoms with Crippen LogP contribution in [0.1, 0.15) is 12.8 Å². The minimum atomic E-state index is 0.333. The summed E-state index contributed by atoms with van der Waals surface area (Å²) in [5.74, 6) is 0.333. The van der Waals surface area contributed by atoms with E-state index in [1.165, 1.54) is 0 Å². The molecule has 0 atom stereocenters. The summed E-state index contributed by atoms with van der Waals surface area (Å²) in [6.07, 6.45) is 1.47. The van der Waals surface area contributed by atoms with E-state index in [2.05, 4.69) is 16.8 Å². The van der Waals surface area contributed by atoms with Crippen molar-refractivity contribution in [3.63, 3.8) is 0 Å². The Hall–Kier alpha value is -0.450. The number of carbonyl (C=O) groups excluding carboxylic acids is 1. The van der Waals surface area contributed by atoms with Crippen LogP contribution >= 0.6 is 0 Å². The Morgan fingerprint density at radius 3 is 2.50 bits per heavy atom. The number of ketones is 1. The van der Waals surface area contributed by atoms with Gasteiger partial charge in [0, 0.05) is 32.6 Å². The van der Waals surface area contributed by atoms with E-state index in [1.807, 2.05) is 0 Å². The number of hydrogen-bond acceptors (Lipinski definition) is 4. The summed E-state index contributed by atoms with van der Waals surface area (Å²) in [5.41, 5.74) is 5.36. The van der Waals surface area contributed by atoms with Crippen LogP contribution in [0.3, 0.4) is 0 Å². The molecule has 2 N–H and O–H groups in total. The number of likely N-dealkylation sites (N-methyl/N-ethyl adjacent to an activating group) is 1. The van der Waals surface area contributed by atoms with Gasteiger partial charge in [0.15, 0.2) is 0 Å². The van der Waals surface area contributed by atoms with Crippen molar-refractivity contribution in [2.24, 2.45) is 5.73 Å². The fourth-order valence-electron chi connectivity index (χ4n) is 1.63. The van der Waals surface area contributed by atoms with E-state index >= 15 is 0 Å². The van der Waals surface area contributed by atoms with Gasteiger partial charge in [0.25, 0.3) is 0 Å². The highest BCUT2D eigenvalue weighted by atomic mass is 16.1. The molecule has 0 aromatic heterocycles. The van der Waals surface area contributed by atoms with Crippen LogP contribution in [0.2, 0.25) is 0 Å². The molecule has 0 aliphatic carbocycles. The molecule has 0 unspecified atom stereocenters. The summed E-state index contributed by atoms with van der Waals surface area (Å²) < 4.78 is 0. The van der Waals surface area contributed by atoms with Crippen LogP contribution in [0.4, 0.5) is 0 Å². The molecule has 1 heterocycles. The van der Waals surface area contributed by atoms with Gasteiger partial charge in [-0.15, -0.1) is 0 Å². The highest BCUT2D eigenvalue weighted by Crippen LogP contribution is 2.00. The lowest BCUT2D eigenvalue weighted by Gasteiger charge is -2.31. The molecule has 0 amide bonds. The molecule has 0 aromatic rings. The van der Waals surface area contributed by atoms with E-state index in [4.69, 9.17) is 5.73 Å². The second kappa shape index (κ2) is 6.11. The number of piperazine rings is 1. The van der Waals surface area contributed by atoms with Gasteiger partial charge in [-0.05, 0) is 20.0 Å². The minimum absolute atomic E-state index is 0.333. The predicted octanol–water partition coefficient (Wildman–Crippen LogP) is -0.458. The van der Waals surface area contributed by atoms with E-state index in [1.54, 1.807) is 0 Å². The van der Waals surface area contributed by atoms with Crippen LogP contribution in [-0.2, 0) is 4.79 Å². The third-order valence-electron chi connectivity index (χ3n) is 2.66. The predicted molar refractivity (Wildman–Crippen MR) is 57.2 cm³/mol. The van der Waals surface area contributed by atoms with Crippen LogP contribution in [0, 0.1) is 0 Å². The van der Waals surface area contributed by atoms with Crippen molar-refractivity contribution in [1.29, 1.82) is 0 Å². The number of nitrogens with two attached hydrogens (primary N) is 1. The third-order valence-corrected chi connectivity index (χ3v) is 2.66. The van der Waals surface area contributed by atoms with Gasteiger partial charge in [0.1, 0.15) is 5.78 Å². The van der Waals surface area contributed by atoms with Crippen molar-refractivity contribution < 1.29 is 4.79 Å². The fourth-order valence-corrected chi connectivity index (χ4v) is 1.63. The minimum Gasteiger partial charge on any atom is -0.330 e. The smallest absolute Gasteiger partial charge is 0.146 e. The molecule has 1 aliphatic rings. The number of Topliss-reactive ketones (excluding diaryl/α,β-unsaturated/α-hetero) is 1. The van der Waals surface area contributed by atoms with Crippen molar-refractivity contribution in [2.45, 2.75) is 12.8 Å². The quantitative estimate of drug-likeness (QED) is 0.651. The second-order valence-electron chi connectivity index (χ2n) is 4.01. The van der Waals surface area contributed by atoms with E-state index in [0.29, 0.717) is 25.3 Å². The maximum Gasteiger partial charge on any atom is 0.146 e. The first kappa shape index (κ1) is 11.6. The molecule has 1 fully saturated rings. The molecular weight excluding hydrogens is 178 g/mol. The Balaban J connectivity index is 2.14. The van der Waals surface area contributed by atoms with E-state index in [9.17, 15) is 4.79 Å². The van der Waals surface area contributed by atoms with Crippen LogP contribution in [0.25, 0.3) is 0 Å². The lowest BCUT2D eigenvalue weighted by Crippen LogP contribution is -2.46. The van der Waals surface area contributed by atoms with Crippen LogP contribution in [-0.4, -0.2) is 61.9 Å². The lowest BCUT2D eigenvalue weighted by molar-refractivity contribution is -0.120. The first-order valence-electron chi connectivity index (χ1n) is 5.35. The Morgan fingerprint density at radius 1 is 1.29 bits per heavy atom. The summed E-state index contributed by atoms with van der Waals surface area (Å²) in [6.45, 7) is 5.42. The molecule has 0 spiro atoms. The summed E-state index contributed by atoms with van der Waals surface area (Å²) in [4.78, 5) is 16.0. The highest BCUT2D eigenvalue weighted by Gasteiger charge is 2.15. The molecule has 0 bridgehead atoms. The Bertz CT molecular complexity index is 176. The lowest BCUT2D eigenvalue weighted by atomic mass is 10.2. The topological polar surface area (TPSA) is 49.6 Å². The van der Waals surface area contributed by atoms with E-state index < -0.39 is 0 Å². The molecule has 1 aliphatic heterocycles. The van der Waals surface area contributed by atoms with E-state index in [-0.39, 0.29) is 0 Å². The molecule has 14 heavy (non-hydrogen) atoms. The van der Waals surface area contributed by atoms with Crippen molar-refractivity contribution in [3.8, 4) is 0 Å². The van der Waals surface area contributed by atoms with Crippen molar-refractivity contribution in [1.82, 2.24) is 9.80 Å². The molecule has 0 saturated carbocycles. The Labute approximate surface area is 86.0 Å². The molecule has 1 rings (SSSR count). The van der Waals surface area contributed by atoms with Gasteiger partial charge in [-0.25, -0.2) is 0 Å². The number of hydrogen-bond donors (Lipinski definition) is 1. The average Bonchev–Trinajstić information content (AvgIpc) is 2.18. The standard InChI is InChI=1S/C10H21N3O/c1-12-5-7-13(8-6-12)9-10(14)3-2-4-11/h2-9,11H2,1H3. The van der Waals surface area contributed by atoms with Gasteiger partial charge in [-0.1, -0.05) is 0 Å². The normalized spacial score (nSPS) is 19.9. The third kappa shape index (κ3) is 4.17. The molecule has 0 aromatic carbocycles. The van der Waals surface area contributed by atoms with Crippen LogP contribution < -0.4 is 5.73 Å². The molecule has 82 valence electrons. The largest absolute Gasteiger partial charge is 0.330 e. The molecule has 4 nitrogen and oxygen atoms in total. The number of carbonyl (C=O) groups is 1. The van der Waals surface area contributed by atoms with Gasteiger partial charge in [0.05, 0.1) is 6.54 Å². The monoisotopic (exact) mass is 199 g/mol. The first-order chi connectivity index (χ1) is 6.72. The van der Waals surface area contributed by atoms with Crippen molar-refractivity contribution in [2.75, 3.05) is 46.3 Å². The van der Waals surface area contributed by atoms with Crippen LogP contribution in [0.5, 0.6) is 0 Å². The number of nitrogens with zero attached hydrogens (tertiary/aromatic N) is 2.